The van der Waals surface area contributed by atoms with Crippen molar-refractivity contribution in [1.82, 2.24) is 4.98 Å². The van der Waals surface area contributed by atoms with Crippen LogP contribution in [0.15, 0.2) is 72.9 Å². The number of nitrogens with one attached hydrogen (secondary N) is 3. The van der Waals surface area contributed by atoms with Gasteiger partial charge in [0.15, 0.2) is 0 Å². The summed E-state index contributed by atoms with van der Waals surface area (Å²) in [5, 5.41) is 6.69. The average Bonchev–Trinajstić information content (AvgIpc) is 3.10. The summed E-state index contributed by atoms with van der Waals surface area (Å²) >= 11 is 5.94. The van der Waals surface area contributed by atoms with Gasteiger partial charge in [-0.25, -0.2) is 4.79 Å². The maximum absolute atomic E-state index is 12.6. The number of benzene rings is 3. The van der Waals surface area contributed by atoms with E-state index in [4.69, 9.17) is 11.6 Å². The van der Waals surface area contributed by atoms with E-state index in [1.807, 2.05) is 30.3 Å². The van der Waals surface area contributed by atoms with Crippen LogP contribution < -0.4 is 10.6 Å². The first-order chi connectivity index (χ1) is 14.3. The number of hydrogen-bond donors (Lipinski definition) is 3. The zero-order valence-electron chi connectivity index (χ0n) is 15.3. The summed E-state index contributed by atoms with van der Waals surface area (Å²) in [6, 6.07) is 16.9. The number of hydrogen-bond acceptors (Lipinski definition) is 1. The molecule has 1 heterocycles. The molecule has 3 N–H and O–H groups in total. The number of alkyl halides is 3. The number of halogens is 4. The molecule has 0 saturated carbocycles. The smallest absolute Gasteiger partial charge is 0.359 e. The Morgan fingerprint density at radius 2 is 1.53 bits per heavy atom. The SMILES string of the molecule is O=C(Nc1ccc(C(F)(F)F)cc1)Nc1c[nH]c2ccc(-c3ccc(Cl)cc3)cc12. The Kier molecular flexibility index (Phi) is 5.13. The van der Waals surface area contributed by atoms with Crippen molar-refractivity contribution in [3.63, 3.8) is 0 Å². The number of carbonyl (C=O) groups excluding carboxylic acids is 1. The lowest BCUT2D eigenvalue weighted by atomic mass is 10.0. The number of rotatable bonds is 3. The van der Waals surface area contributed by atoms with Crippen molar-refractivity contribution in [3.8, 4) is 11.1 Å². The van der Waals surface area contributed by atoms with Gasteiger partial charge >= 0.3 is 12.2 Å². The van der Waals surface area contributed by atoms with E-state index >= 15 is 0 Å². The van der Waals surface area contributed by atoms with Crippen LogP contribution in [-0.4, -0.2) is 11.0 Å². The Bertz CT molecular complexity index is 1200. The van der Waals surface area contributed by atoms with Crippen molar-refractivity contribution in [3.05, 3.63) is 83.5 Å². The topological polar surface area (TPSA) is 56.9 Å². The van der Waals surface area contributed by atoms with Crippen LogP contribution >= 0.6 is 11.6 Å². The Morgan fingerprint density at radius 3 is 2.20 bits per heavy atom. The lowest BCUT2D eigenvalue weighted by molar-refractivity contribution is -0.137. The number of aromatic amines is 1. The van der Waals surface area contributed by atoms with Crippen molar-refractivity contribution >= 4 is 39.9 Å². The number of fused-ring (bicyclic) bond motifs is 1. The number of aromatic nitrogens is 1. The molecule has 30 heavy (non-hydrogen) atoms. The van der Waals surface area contributed by atoms with Crippen LogP contribution in [0.1, 0.15) is 5.56 Å². The minimum Gasteiger partial charge on any atom is -0.359 e. The molecule has 2 amide bonds. The monoisotopic (exact) mass is 429 g/mol. The van der Waals surface area contributed by atoms with Gasteiger partial charge < -0.3 is 15.6 Å². The maximum atomic E-state index is 12.6. The van der Waals surface area contributed by atoms with E-state index in [0.29, 0.717) is 10.7 Å². The van der Waals surface area contributed by atoms with Gasteiger partial charge in [-0.1, -0.05) is 29.8 Å². The Morgan fingerprint density at radius 1 is 0.867 bits per heavy atom. The highest BCUT2D eigenvalue weighted by Gasteiger charge is 2.30. The van der Waals surface area contributed by atoms with Crippen LogP contribution in [0.25, 0.3) is 22.0 Å². The first-order valence-electron chi connectivity index (χ1n) is 8.92. The average molecular weight is 430 g/mol. The fourth-order valence-corrected chi connectivity index (χ4v) is 3.20. The van der Waals surface area contributed by atoms with Crippen molar-refractivity contribution in [2.45, 2.75) is 6.18 Å². The molecule has 4 rings (SSSR count). The zero-order chi connectivity index (χ0) is 21.3. The summed E-state index contributed by atoms with van der Waals surface area (Å²) in [7, 11) is 0. The minimum absolute atomic E-state index is 0.252. The highest BCUT2D eigenvalue weighted by atomic mass is 35.5. The van der Waals surface area contributed by atoms with Gasteiger partial charge in [-0.3, -0.25) is 0 Å². The summed E-state index contributed by atoms with van der Waals surface area (Å²) in [5.74, 6) is 0. The highest BCUT2D eigenvalue weighted by molar-refractivity contribution is 6.30. The van der Waals surface area contributed by atoms with Crippen LogP contribution in [0, 0.1) is 0 Å². The molecule has 3 aromatic carbocycles. The first-order valence-corrected chi connectivity index (χ1v) is 9.30. The molecule has 8 heteroatoms. The van der Waals surface area contributed by atoms with E-state index in [1.165, 1.54) is 12.1 Å². The lowest BCUT2D eigenvalue weighted by Gasteiger charge is -2.10. The number of anilines is 2. The first kappa shape index (κ1) is 19.8. The third-order valence-corrected chi connectivity index (χ3v) is 4.83. The summed E-state index contributed by atoms with van der Waals surface area (Å²) in [6.45, 7) is 0. The number of H-pyrrole nitrogens is 1. The van der Waals surface area contributed by atoms with E-state index in [1.54, 1.807) is 18.3 Å². The van der Waals surface area contributed by atoms with Crippen molar-refractivity contribution in [1.29, 1.82) is 0 Å². The minimum atomic E-state index is -4.42. The molecule has 0 radical (unpaired) electrons. The molecule has 4 aromatic rings. The number of amides is 2. The Labute approximate surface area is 174 Å². The lowest BCUT2D eigenvalue weighted by Crippen LogP contribution is -2.19. The number of urea groups is 1. The normalized spacial score (nSPS) is 11.5. The van der Waals surface area contributed by atoms with Crippen LogP contribution in [-0.2, 0) is 6.18 Å². The van der Waals surface area contributed by atoms with Crippen LogP contribution in [0.5, 0.6) is 0 Å². The second-order valence-electron chi connectivity index (χ2n) is 6.62. The molecule has 152 valence electrons. The summed E-state index contributed by atoms with van der Waals surface area (Å²) in [4.78, 5) is 15.4. The molecule has 0 aliphatic heterocycles. The zero-order valence-corrected chi connectivity index (χ0v) is 16.1. The molecule has 0 unspecified atom stereocenters. The van der Waals surface area contributed by atoms with Gasteiger partial charge in [0.25, 0.3) is 0 Å². The van der Waals surface area contributed by atoms with E-state index in [-0.39, 0.29) is 5.69 Å². The predicted molar refractivity (Wildman–Crippen MR) is 113 cm³/mol. The van der Waals surface area contributed by atoms with Gasteiger partial charge in [0, 0.05) is 27.8 Å². The molecule has 0 aliphatic rings. The van der Waals surface area contributed by atoms with Gasteiger partial charge in [0.2, 0.25) is 0 Å². The van der Waals surface area contributed by atoms with E-state index in [9.17, 15) is 18.0 Å². The van der Waals surface area contributed by atoms with Crippen molar-refractivity contribution in [2.75, 3.05) is 10.6 Å². The quantitative estimate of drug-likeness (QED) is 0.318. The summed E-state index contributed by atoms with van der Waals surface area (Å²) in [6.07, 6.45) is -2.77. The van der Waals surface area contributed by atoms with Crippen LogP contribution in [0.2, 0.25) is 5.02 Å². The summed E-state index contributed by atoms with van der Waals surface area (Å²) in [5.41, 5.74) is 2.78. The van der Waals surface area contributed by atoms with Gasteiger partial charge in [-0.05, 0) is 59.7 Å². The molecule has 0 spiro atoms. The third kappa shape index (κ3) is 4.26. The van der Waals surface area contributed by atoms with Crippen molar-refractivity contribution in [2.24, 2.45) is 0 Å². The van der Waals surface area contributed by atoms with Gasteiger partial charge in [0.1, 0.15) is 0 Å². The standard InChI is InChI=1S/C22H15ClF3N3O/c23-16-6-1-13(2-7-16)14-3-10-19-18(11-14)20(12-27-19)29-21(30)28-17-8-4-15(5-9-17)22(24,25)26/h1-12,27H,(H2,28,29,30). The van der Waals surface area contributed by atoms with E-state index in [0.717, 1.165) is 34.2 Å². The number of carbonyl (C=O) groups is 1. The molecule has 0 aliphatic carbocycles. The molecule has 0 bridgehead atoms. The maximum Gasteiger partial charge on any atom is 0.416 e. The fraction of sp³-hybridized carbons (Fsp3) is 0.0455. The molecule has 0 fully saturated rings. The molecule has 1 aromatic heterocycles. The highest BCUT2D eigenvalue weighted by Crippen LogP contribution is 2.31. The molecular weight excluding hydrogens is 415 g/mol. The molecule has 4 nitrogen and oxygen atoms in total. The molecular formula is C22H15ClF3N3O. The second kappa shape index (κ2) is 7.76. The summed E-state index contributed by atoms with van der Waals surface area (Å²) < 4.78 is 37.9. The third-order valence-electron chi connectivity index (χ3n) is 4.58. The molecule has 0 atom stereocenters. The van der Waals surface area contributed by atoms with E-state index < -0.39 is 17.8 Å². The van der Waals surface area contributed by atoms with Crippen molar-refractivity contribution < 1.29 is 18.0 Å². The largest absolute Gasteiger partial charge is 0.416 e. The van der Waals surface area contributed by atoms with E-state index in [2.05, 4.69) is 15.6 Å². The van der Waals surface area contributed by atoms with Crippen LogP contribution in [0.4, 0.5) is 29.3 Å². The Balaban J connectivity index is 1.52. The van der Waals surface area contributed by atoms with Crippen LogP contribution in [0.3, 0.4) is 0 Å². The fourth-order valence-electron chi connectivity index (χ4n) is 3.07. The molecule has 0 saturated heterocycles. The Hall–Kier alpha value is -3.45. The van der Waals surface area contributed by atoms with Gasteiger partial charge in [-0.15, -0.1) is 0 Å². The predicted octanol–water partition coefficient (Wildman–Crippen LogP) is 7.15. The second-order valence-corrected chi connectivity index (χ2v) is 7.06. The van der Waals surface area contributed by atoms with Gasteiger partial charge in [-0.2, -0.15) is 13.2 Å². The van der Waals surface area contributed by atoms with Gasteiger partial charge in [0.05, 0.1) is 11.3 Å².